The second-order valence-electron chi connectivity index (χ2n) is 2.49. The second-order valence-corrected chi connectivity index (χ2v) is 5.40. The first-order chi connectivity index (χ1) is 5.43. The molecule has 0 saturated heterocycles. The fourth-order valence-corrected chi connectivity index (χ4v) is 1.78. The zero-order valence-corrected chi connectivity index (χ0v) is 9.76. The first-order valence-electron chi connectivity index (χ1n) is 3.78. The van der Waals surface area contributed by atoms with Gasteiger partial charge >= 0.3 is 5.37 Å². The Kier molecular flexibility index (Phi) is 5.37. The number of rotatable bonds is 4. The summed E-state index contributed by atoms with van der Waals surface area (Å²) in [6.45, 7) is 6.25. The first-order valence-corrected chi connectivity index (χ1v) is 5.31. The van der Waals surface area contributed by atoms with E-state index in [4.69, 9.17) is 23.2 Å². The Morgan fingerprint density at radius 3 is 2.33 bits per heavy atom. The molecule has 12 heavy (non-hydrogen) atoms. The van der Waals surface area contributed by atoms with Crippen LogP contribution in [0.25, 0.3) is 0 Å². The number of carbonyl (C=O) groups is 1. The third-order valence-corrected chi connectivity index (χ3v) is 3.51. The van der Waals surface area contributed by atoms with E-state index in [2.05, 4.69) is 0 Å². The minimum absolute atomic E-state index is 0.444. The highest BCUT2D eigenvalue weighted by Gasteiger charge is 2.24. The van der Waals surface area contributed by atoms with Crippen molar-refractivity contribution in [3.63, 3.8) is 0 Å². The molecule has 0 aliphatic rings. The van der Waals surface area contributed by atoms with E-state index in [0.29, 0.717) is 6.54 Å². The summed E-state index contributed by atoms with van der Waals surface area (Å²) in [6.07, 6.45) is 0.778. The van der Waals surface area contributed by atoms with Gasteiger partial charge in [0, 0.05) is 6.54 Å². The molecule has 72 valence electrons. The van der Waals surface area contributed by atoms with Gasteiger partial charge in [0.25, 0.3) is 0 Å². The van der Waals surface area contributed by atoms with Crippen molar-refractivity contribution >= 4 is 40.5 Å². The van der Waals surface area contributed by atoms with Crippen LogP contribution >= 0.6 is 35.1 Å². The Morgan fingerprint density at radius 2 is 2.08 bits per heavy atom. The van der Waals surface area contributed by atoms with Gasteiger partial charge in [0.1, 0.15) is 4.21 Å². The third kappa shape index (κ3) is 4.43. The van der Waals surface area contributed by atoms with Crippen molar-refractivity contribution in [2.45, 2.75) is 31.4 Å². The molecule has 0 bridgehead atoms. The molecule has 0 aromatic rings. The molecule has 0 aliphatic carbocycles. The summed E-state index contributed by atoms with van der Waals surface area (Å²) in [5, 5.41) is -0.470. The van der Waals surface area contributed by atoms with Crippen molar-refractivity contribution in [2.24, 2.45) is 0 Å². The quantitative estimate of drug-likeness (QED) is 0.318. The fraction of sp³-hybridized carbons (Fsp3) is 0.857. The van der Waals surface area contributed by atoms with Crippen molar-refractivity contribution in [1.82, 2.24) is 4.31 Å². The van der Waals surface area contributed by atoms with Gasteiger partial charge in [0.15, 0.2) is 0 Å². The van der Waals surface area contributed by atoms with Crippen molar-refractivity contribution in [3.8, 4) is 0 Å². The SMILES string of the molecule is CCN(SC(C)(Cl)CC)C(=O)Cl. The van der Waals surface area contributed by atoms with Gasteiger partial charge in [-0.2, -0.15) is 0 Å². The molecular weight excluding hydrogens is 217 g/mol. The molecule has 0 rings (SSSR count). The summed E-state index contributed by atoms with van der Waals surface area (Å²) in [6, 6.07) is 0. The van der Waals surface area contributed by atoms with Crippen LogP contribution in [0.3, 0.4) is 0 Å². The third-order valence-electron chi connectivity index (χ3n) is 1.42. The van der Waals surface area contributed by atoms with E-state index in [1.54, 1.807) is 0 Å². The van der Waals surface area contributed by atoms with Gasteiger partial charge in [0.2, 0.25) is 0 Å². The van der Waals surface area contributed by atoms with Crippen LogP contribution in [-0.4, -0.2) is 20.4 Å². The normalized spacial score (nSPS) is 15.4. The number of carbonyl (C=O) groups excluding carboxylic acids is 1. The predicted octanol–water partition coefficient (Wildman–Crippen LogP) is 3.68. The van der Waals surface area contributed by atoms with Crippen LogP contribution in [0.15, 0.2) is 0 Å². The molecule has 0 saturated carbocycles. The minimum Gasteiger partial charge on any atom is -0.271 e. The van der Waals surface area contributed by atoms with E-state index < -0.39 is 9.57 Å². The molecule has 0 spiro atoms. The summed E-state index contributed by atoms with van der Waals surface area (Å²) in [4.78, 5) is 10.8. The summed E-state index contributed by atoms with van der Waals surface area (Å²) in [5.74, 6) is 0. The van der Waals surface area contributed by atoms with Gasteiger partial charge < -0.3 is 0 Å². The minimum atomic E-state index is -0.470. The van der Waals surface area contributed by atoms with E-state index in [-0.39, 0.29) is 0 Å². The van der Waals surface area contributed by atoms with Crippen LogP contribution in [0.4, 0.5) is 4.79 Å². The molecule has 5 heteroatoms. The number of hydrogen-bond donors (Lipinski definition) is 0. The van der Waals surface area contributed by atoms with Gasteiger partial charge in [-0.15, -0.1) is 11.6 Å². The highest BCUT2D eigenvalue weighted by Crippen LogP contribution is 2.35. The van der Waals surface area contributed by atoms with Crippen molar-refractivity contribution in [1.29, 1.82) is 0 Å². The van der Waals surface area contributed by atoms with Gasteiger partial charge in [0.05, 0.1) is 0 Å². The Bertz CT molecular complexity index is 163. The van der Waals surface area contributed by atoms with Crippen molar-refractivity contribution in [2.75, 3.05) is 6.54 Å². The van der Waals surface area contributed by atoms with Crippen LogP contribution in [0.2, 0.25) is 0 Å². The molecule has 0 fully saturated rings. The first kappa shape index (κ1) is 12.4. The van der Waals surface area contributed by atoms with Crippen LogP contribution in [-0.2, 0) is 0 Å². The lowest BCUT2D eigenvalue weighted by molar-refractivity contribution is 0.248. The lowest BCUT2D eigenvalue weighted by atomic mass is 10.4. The Balaban J connectivity index is 4.11. The highest BCUT2D eigenvalue weighted by atomic mass is 35.5. The summed E-state index contributed by atoms with van der Waals surface area (Å²) in [7, 11) is 0. The van der Waals surface area contributed by atoms with Crippen molar-refractivity contribution < 1.29 is 4.79 Å². The molecule has 0 heterocycles. The molecule has 0 aliphatic heterocycles. The zero-order valence-electron chi connectivity index (χ0n) is 7.43. The Morgan fingerprint density at radius 1 is 1.58 bits per heavy atom. The Labute approximate surface area is 87.7 Å². The highest BCUT2D eigenvalue weighted by molar-refractivity contribution is 8.00. The lowest BCUT2D eigenvalue weighted by Crippen LogP contribution is -2.25. The average molecular weight is 230 g/mol. The number of nitrogens with zero attached hydrogens (tertiary/aromatic N) is 1. The van der Waals surface area contributed by atoms with Crippen LogP contribution < -0.4 is 0 Å². The fourth-order valence-electron chi connectivity index (χ4n) is 0.519. The molecule has 1 atom stereocenters. The number of hydrogen-bond acceptors (Lipinski definition) is 2. The van der Waals surface area contributed by atoms with Crippen LogP contribution in [0, 0.1) is 0 Å². The van der Waals surface area contributed by atoms with E-state index in [1.807, 2.05) is 20.8 Å². The summed E-state index contributed by atoms with van der Waals surface area (Å²) < 4.78 is 0.999. The maximum absolute atomic E-state index is 10.8. The van der Waals surface area contributed by atoms with Gasteiger partial charge in [-0.05, 0) is 43.8 Å². The smallest absolute Gasteiger partial charge is 0.271 e. The molecule has 0 aromatic carbocycles. The Hall–Kier alpha value is 0.400. The summed E-state index contributed by atoms with van der Waals surface area (Å²) >= 11 is 12.6. The maximum Gasteiger partial charge on any atom is 0.326 e. The second kappa shape index (κ2) is 5.20. The number of alkyl halides is 1. The molecule has 1 amide bonds. The van der Waals surface area contributed by atoms with Crippen LogP contribution in [0.1, 0.15) is 27.2 Å². The maximum atomic E-state index is 10.8. The molecule has 0 radical (unpaired) electrons. The van der Waals surface area contributed by atoms with Crippen molar-refractivity contribution in [3.05, 3.63) is 0 Å². The van der Waals surface area contributed by atoms with Gasteiger partial charge in [-0.1, -0.05) is 6.92 Å². The molecular formula is C7H13Cl2NOS. The van der Waals surface area contributed by atoms with E-state index in [1.165, 1.54) is 16.3 Å². The number of halogens is 2. The van der Waals surface area contributed by atoms with E-state index in [9.17, 15) is 4.79 Å². The largest absolute Gasteiger partial charge is 0.326 e. The predicted molar refractivity (Wildman–Crippen MR) is 55.8 cm³/mol. The summed E-state index contributed by atoms with van der Waals surface area (Å²) in [5.41, 5.74) is 0. The lowest BCUT2D eigenvalue weighted by Gasteiger charge is -2.25. The zero-order chi connectivity index (χ0) is 9.78. The molecule has 0 aromatic heterocycles. The van der Waals surface area contributed by atoms with Crippen LogP contribution in [0.5, 0.6) is 0 Å². The van der Waals surface area contributed by atoms with E-state index in [0.717, 1.165) is 6.42 Å². The standard InChI is InChI=1S/C7H13Cl2NOS/c1-4-7(3,9)12-10(5-2)6(8)11/h4-5H2,1-3H3. The molecule has 0 N–H and O–H groups in total. The average Bonchev–Trinajstić information content (AvgIpc) is 2.00. The monoisotopic (exact) mass is 229 g/mol. The number of amides is 1. The van der Waals surface area contributed by atoms with Gasteiger partial charge in [-0.3, -0.25) is 9.10 Å². The topological polar surface area (TPSA) is 20.3 Å². The van der Waals surface area contributed by atoms with Gasteiger partial charge in [-0.25, -0.2) is 0 Å². The molecule has 1 unspecified atom stereocenters. The van der Waals surface area contributed by atoms with E-state index >= 15 is 0 Å². The molecule has 2 nitrogen and oxygen atoms in total.